The van der Waals surface area contributed by atoms with Crippen LogP contribution >= 0.6 is 0 Å². The lowest BCUT2D eigenvalue weighted by molar-refractivity contribution is -0.00000253. The number of nitrogens with one attached hydrogen (secondary N) is 2. The third-order valence-electron chi connectivity index (χ3n) is 0.907. The first kappa shape index (κ1) is 9.39. The molecule has 0 aromatic carbocycles. The van der Waals surface area contributed by atoms with Gasteiger partial charge in [-0.2, -0.15) is 0 Å². The van der Waals surface area contributed by atoms with Gasteiger partial charge < -0.3 is 17.4 Å². The van der Waals surface area contributed by atoms with Crippen LogP contribution in [0.3, 0.4) is 0 Å². The SMILES string of the molecule is N#[N+]c1c[nH]c(=O)[nH]c1=O.[Cl-]. The summed E-state index contributed by atoms with van der Waals surface area (Å²) in [6.45, 7) is 0. The van der Waals surface area contributed by atoms with E-state index < -0.39 is 11.2 Å². The van der Waals surface area contributed by atoms with Gasteiger partial charge in [0.25, 0.3) is 0 Å². The lowest BCUT2D eigenvalue weighted by atomic mass is 10.6. The second-order valence-corrected chi connectivity index (χ2v) is 1.56. The number of halogens is 1. The fourth-order valence-electron chi connectivity index (χ4n) is 0.477. The van der Waals surface area contributed by atoms with Crippen molar-refractivity contribution < 1.29 is 12.4 Å². The molecule has 0 atom stereocenters. The lowest BCUT2D eigenvalue weighted by Gasteiger charge is -1.74. The van der Waals surface area contributed by atoms with Crippen molar-refractivity contribution in [2.45, 2.75) is 0 Å². The fraction of sp³-hybridized carbons (Fsp3) is 0. The van der Waals surface area contributed by atoms with Gasteiger partial charge in [0, 0.05) is 0 Å². The summed E-state index contributed by atoms with van der Waals surface area (Å²) in [7, 11) is 0. The van der Waals surface area contributed by atoms with E-state index in [1.807, 2.05) is 4.98 Å². The zero-order valence-corrected chi connectivity index (χ0v) is 5.92. The zero-order valence-electron chi connectivity index (χ0n) is 5.17. The zero-order chi connectivity index (χ0) is 7.56. The van der Waals surface area contributed by atoms with E-state index in [1.165, 1.54) is 0 Å². The third kappa shape index (κ3) is 1.91. The molecule has 1 heterocycles. The number of rotatable bonds is 0. The van der Waals surface area contributed by atoms with Crippen LogP contribution in [0.15, 0.2) is 15.8 Å². The quantitative estimate of drug-likeness (QED) is 0.401. The van der Waals surface area contributed by atoms with E-state index in [1.54, 1.807) is 0 Å². The normalized spacial score (nSPS) is 7.91. The van der Waals surface area contributed by atoms with Gasteiger partial charge in [0.05, 0.1) is 0 Å². The maximum absolute atomic E-state index is 10.5. The number of H-pyrrole nitrogens is 2. The first-order valence-electron chi connectivity index (χ1n) is 2.41. The van der Waals surface area contributed by atoms with Gasteiger partial charge in [-0.15, -0.1) is 0 Å². The molecule has 0 spiro atoms. The van der Waals surface area contributed by atoms with E-state index in [4.69, 9.17) is 5.39 Å². The molecule has 11 heavy (non-hydrogen) atoms. The number of hydrogen-bond donors (Lipinski definition) is 2. The Morgan fingerprint density at radius 3 is 2.55 bits per heavy atom. The van der Waals surface area contributed by atoms with E-state index in [2.05, 4.69) is 9.96 Å². The summed E-state index contributed by atoms with van der Waals surface area (Å²) in [6.07, 6.45) is 1.02. The molecule has 0 aliphatic rings. The van der Waals surface area contributed by atoms with Crippen LogP contribution in [0.2, 0.25) is 0 Å². The molecule has 0 unspecified atom stereocenters. The van der Waals surface area contributed by atoms with Gasteiger partial charge >= 0.3 is 16.9 Å². The predicted molar refractivity (Wildman–Crippen MR) is 32.4 cm³/mol. The average molecular weight is 175 g/mol. The van der Waals surface area contributed by atoms with E-state index in [0.717, 1.165) is 6.20 Å². The summed E-state index contributed by atoms with van der Waals surface area (Å²) in [5.74, 6) is 0. The smallest absolute Gasteiger partial charge is 0.465 e. The van der Waals surface area contributed by atoms with Crippen LogP contribution in [0.4, 0.5) is 5.69 Å². The summed E-state index contributed by atoms with van der Waals surface area (Å²) in [5, 5.41) is 8.09. The molecule has 1 aromatic heterocycles. The van der Waals surface area contributed by atoms with E-state index in [9.17, 15) is 9.59 Å². The molecule has 1 rings (SSSR count). The van der Waals surface area contributed by atoms with Crippen molar-refractivity contribution in [2.75, 3.05) is 0 Å². The van der Waals surface area contributed by atoms with Crippen molar-refractivity contribution in [1.82, 2.24) is 9.97 Å². The van der Waals surface area contributed by atoms with Gasteiger partial charge in [0.1, 0.15) is 6.20 Å². The van der Waals surface area contributed by atoms with Gasteiger partial charge in [-0.25, -0.2) is 4.79 Å². The molecule has 0 saturated heterocycles. The Hall–Kier alpha value is -1.61. The molecular formula is C4H3ClN4O2. The summed E-state index contributed by atoms with van der Waals surface area (Å²) >= 11 is 0. The second-order valence-electron chi connectivity index (χ2n) is 1.56. The Bertz CT molecular complexity index is 386. The predicted octanol–water partition coefficient (Wildman–Crippen LogP) is -3.45. The minimum Gasteiger partial charge on any atom is -1.00 e. The Morgan fingerprint density at radius 1 is 1.45 bits per heavy atom. The van der Waals surface area contributed by atoms with Crippen LogP contribution in [0.25, 0.3) is 4.98 Å². The van der Waals surface area contributed by atoms with Crippen LogP contribution in [0.1, 0.15) is 0 Å². The Morgan fingerprint density at radius 2 is 2.09 bits per heavy atom. The van der Waals surface area contributed by atoms with Crippen molar-refractivity contribution >= 4 is 5.69 Å². The van der Waals surface area contributed by atoms with Crippen LogP contribution < -0.4 is 23.7 Å². The minimum atomic E-state index is -0.716. The molecule has 0 aliphatic heterocycles. The van der Waals surface area contributed by atoms with E-state index in [0.29, 0.717) is 0 Å². The molecule has 1 aromatic rings. The summed E-state index contributed by atoms with van der Waals surface area (Å²) in [5.41, 5.74) is -1.57. The lowest BCUT2D eigenvalue weighted by Crippen LogP contribution is -3.00. The maximum atomic E-state index is 10.5. The van der Waals surface area contributed by atoms with Crippen molar-refractivity contribution in [3.8, 4) is 0 Å². The molecule has 6 nitrogen and oxygen atoms in total. The van der Waals surface area contributed by atoms with Crippen LogP contribution in [-0.4, -0.2) is 9.97 Å². The molecule has 0 saturated carbocycles. The summed E-state index contributed by atoms with van der Waals surface area (Å²) in [6, 6.07) is 0. The van der Waals surface area contributed by atoms with Crippen LogP contribution in [0.5, 0.6) is 0 Å². The Kier molecular flexibility index (Phi) is 3.01. The van der Waals surface area contributed by atoms with Gasteiger partial charge in [-0.3, -0.25) is 9.78 Å². The first-order chi connectivity index (χ1) is 4.74. The van der Waals surface area contributed by atoms with Crippen molar-refractivity contribution in [3.05, 3.63) is 32.0 Å². The maximum Gasteiger partial charge on any atom is 0.465 e. The molecule has 7 heteroatoms. The third-order valence-corrected chi connectivity index (χ3v) is 0.907. The first-order valence-corrected chi connectivity index (χ1v) is 2.41. The van der Waals surface area contributed by atoms with Gasteiger partial charge in [0.15, 0.2) is 4.98 Å². The molecule has 2 N–H and O–H groups in total. The van der Waals surface area contributed by atoms with Crippen LogP contribution in [-0.2, 0) is 0 Å². The van der Waals surface area contributed by atoms with E-state index >= 15 is 0 Å². The molecular weight excluding hydrogens is 172 g/mol. The Balaban J connectivity index is 0.000001000. The minimum absolute atomic E-state index is 0. The van der Waals surface area contributed by atoms with Gasteiger partial charge in [0.2, 0.25) is 5.39 Å². The largest absolute Gasteiger partial charge is 1.00 e. The molecule has 0 fully saturated rings. The van der Waals surface area contributed by atoms with Crippen molar-refractivity contribution in [2.24, 2.45) is 0 Å². The molecule has 0 aliphatic carbocycles. The highest BCUT2D eigenvalue weighted by molar-refractivity contribution is 5.36. The van der Waals surface area contributed by atoms with Crippen LogP contribution in [0, 0.1) is 5.39 Å². The molecule has 58 valence electrons. The van der Waals surface area contributed by atoms with Crippen molar-refractivity contribution in [1.29, 1.82) is 5.39 Å². The standard InChI is InChI=1S/C4H2N4O2.ClH/c5-8-2-1-6-4(10)7-3(2)9;/h1H,(H-,6,7,9,10);1H. The molecule has 0 radical (unpaired) electrons. The Labute approximate surface area is 66.3 Å². The number of aromatic nitrogens is 2. The topological polar surface area (TPSA) is 93.9 Å². The highest BCUT2D eigenvalue weighted by Crippen LogP contribution is 1.94. The van der Waals surface area contributed by atoms with Crippen molar-refractivity contribution in [3.63, 3.8) is 0 Å². The second kappa shape index (κ2) is 3.53. The number of nitrogens with zero attached hydrogens (tertiary/aromatic N) is 2. The number of diazo groups is 1. The highest BCUT2D eigenvalue weighted by Gasteiger charge is 2.09. The highest BCUT2D eigenvalue weighted by atomic mass is 35.5. The van der Waals surface area contributed by atoms with Gasteiger partial charge in [-0.05, 0) is 0 Å². The summed E-state index contributed by atoms with van der Waals surface area (Å²) < 4.78 is 0. The summed E-state index contributed by atoms with van der Waals surface area (Å²) in [4.78, 5) is 27.5. The number of aromatic amines is 2. The monoisotopic (exact) mass is 174 g/mol. The van der Waals surface area contributed by atoms with Gasteiger partial charge in [-0.1, -0.05) is 0 Å². The number of hydrogen-bond acceptors (Lipinski definition) is 3. The van der Waals surface area contributed by atoms with E-state index in [-0.39, 0.29) is 18.1 Å². The molecule has 0 amide bonds. The molecule has 0 bridgehead atoms. The average Bonchev–Trinajstić information content (AvgIpc) is 1.88. The fourth-order valence-corrected chi connectivity index (χ4v) is 0.477.